The van der Waals surface area contributed by atoms with Gasteiger partial charge in [0.15, 0.2) is 5.75 Å². The Morgan fingerprint density at radius 2 is 1.00 bits per heavy atom. The van der Waals surface area contributed by atoms with Gasteiger partial charge in [0.25, 0.3) is 0 Å². The number of ether oxygens (including phenoxy) is 2. The van der Waals surface area contributed by atoms with Crippen LogP contribution in [-0.2, 0) is 9.68 Å². The minimum absolute atomic E-state index is 0. The van der Waals surface area contributed by atoms with Crippen molar-refractivity contribution in [2.45, 2.75) is 26.6 Å². The van der Waals surface area contributed by atoms with Gasteiger partial charge in [-0.15, -0.1) is 0 Å². The average Bonchev–Trinajstić information content (AvgIpc) is 2.73. The quantitative estimate of drug-likeness (QED) is 0.323. The maximum Gasteiger partial charge on any atom is 0.439 e. The number of rotatable bonds is 7. The summed E-state index contributed by atoms with van der Waals surface area (Å²) in [6.45, 7) is 5.51. The Morgan fingerprint density at radius 1 is 0.633 bits per heavy atom. The minimum Gasteiger partial charge on any atom is -0.442 e. The smallest absolute Gasteiger partial charge is 0.439 e. The second kappa shape index (κ2) is 9.80. The van der Waals surface area contributed by atoms with Crippen molar-refractivity contribution in [2.24, 2.45) is 5.41 Å². The first-order chi connectivity index (χ1) is 13.9. The molecule has 0 amide bonds. The summed E-state index contributed by atoms with van der Waals surface area (Å²) in [5, 5.41) is 0. The molecule has 3 rings (SSSR count). The van der Waals surface area contributed by atoms with E-state index < -0.39 is 17.2 Å². The van der Waals surface area contributed by atoms with E-state index in [0.717, 1.165) is 0 Å². The van der Waals surface area contributed by atoms with Gasteiger partial charge in [0.2, 0.25) is 0 Å². The van der Waals surface area contributed by atoms with Crippen LogP contribution in [0.4, 0.5) is 0 Å². The highest BCUT2D eigenvalue weighted by atomic mass is 17.2. The highest BCUT2D eigenvalue weighted by Crippen LogP contribution is 2.38. The van der Waals surface area contributed by atoms with Gasteiger partial charge >= 0.3 is 11.8 Å². The SMILES string of the molecule is CC(C)(C)C(Oc1ccccc1)(Oc1ccccc1)C(=O)OOc1ccccc1.O. The molecule has 3 aromatic carbocycles. The molecule has 0 saturated carbocycles. The summed E-state index contributed by atoms with van der Waals surface area (Å²) in [4.78, 5) is 23.7. The van der Waals surface area contributed by atoms with Crippen LogP contribution in [0.2, 0.25) is 0 Å². The van der Waals surface area contributed by atoms with Crippen molar-refractivity contribution in [1.82, 2.24) is 0 Å². The molecule has 3 aromatic rings. The van der Waals surface area contributed by atoms with Gasteiger partial charge in [-0.1, -0.05) is 75.4 Å². The van der Waals surface area contributed by atoms with Crippen molar-refractivity contribution < 1.29 is 29.5 Å². The molecular weight excluding hydrogens is 384 g/mol. The van der Waals surface area contributed by atoms with Gasteiger partial charge in [0.05, 0.1) is 5.41 Å². The van der Waals surface area contributed by atoms with Crippen molar-refractivity contribution in [3.63, 3.8) is 0 Å². The van der Waals surface area contributed by atoms with Crippen molar-refractivity contribution in [3.8, 4) is 17.2 Å². The number of carbonyl (C=O) groups excluding carboxylic acids is 1. The Labute approximate surface area is 176 Å². The third-order valence-electron chi connectivity index (χ3n) is 4.22. The minimum atomic E-state index is -1.80. The third-order valence-corrected chi connectivity index (χ3v) is 4.22. The molecule has 2 N–H and O–H groups in total. The molecule has 6 heteroatoms. The summed E-state index contributed by atoms with van der Waals surface area (Å²) in [6, 6.07) is 26.8. The molecule has 0 unspecified atom stereocenters. The van der Waals surface area contributed by atoms with E-state index in [1.165, 1.54) is 0 Å². The average molecular weight is 410 g/mol. The number of hydrogen-bond donors (Lipinski definition) is 0. The molecule has 6 nitrogen and oxygen atoms in total. The lowest BCUT2D eigenvalue weighted by Crippen LogP contribution is -2.60. The lowest BCUT2D eigenvalue weighted by Gasteiger charge is -2.40. The van der Waals surface area contributed by atoms with Crippen molar-refractivity contribution >= 4 is 5.97 Å². The van der Waals surface area contributed by atoms with Gasteiger partial charge in [-0.05, 0) is 36.4 Å². The molecule has 0 saturated heterocycles. The van der Waals surface area contributed by atoms with Crippen LogP contribution in [0, 0.1) is 5.41 Å². The number of benzene rings is 3. The fourth-order valence-corrected chi connectivity index (χ4v) is 2.64. The lowest BCUT2D eigenvalue weighted by atomic mass is 9.85. The largest absolute Gasteiger partial charge is 0.442 e. The van der Waals surface area contributed by atoms with Gasteiger partial charge in [-0.25, -0.2) is 9.68 Å². The van der Waals surface area contributed by atoms with Crippen molar-refractivity contribution in [2.75, 3.05) is 0 Å². The molecule has 0 atom stereocenters. The van der Waals surface area contributed by atoms with E-state index in [9.17, 15) is 4.79 Å². The molecule has 0 aromatic heterocycles. The zero-order valence-corrected chi connectivity index (χ0v) is 17.2. The Morgan fingerprint density at radius 3 is 1.37 bits per heavy atom. The van der Waals surface area contributed by atoms with Gasteiger partial charge in [-0.2, -0.15) is 0 Å². The standard InChI is InChI=1S/C24H24O5.H2O/c1-23(2,3)24(26-19-13-7-4-8-14-19,27-20-15-9-5-10-16-20)22(25)29-28-21-17-11-6-12-18-21;/h4-18H,1-3H3;1H2. The maximum absolute atomic E-state index is 13.3. The molecule has 0 radical (unpaired) electrons. The van der Waals surface area contributed by atoms with Crippen LogP contribution in [0.3, 0.4) is 0 Å². The second-order valence-corrected chi connectivity index (χ2v) is 7.46. The van der Waals surface area contributed by atoms with E-state index >= 15 is 0 Å². The van der Waals surface area contributed by atoms with Crippen LogP contribution in [0.1, 0.15) is 20.8 Å². The molecule has 0 aliphatic rings. The van der Waals surface area contributed by atoms with E-state index in [1.54, 1.807) is 48.5 Å². The van der Waals surface area contributed by atoms with Gasteiger partial charge in [0.1, 0.15) is 11.5 Å². The molecule has 158 valence electrons. The zero-order chi connectivity index (χ0) is 20.7. The highest BCUT2D eigenvalue weighted by Gasteiger charge is 2.57. The normalized spacial score (nSPS) is 11.0. The first kappa shape index (κ1) is 22.8. The van der Waals surface area contributed by atoms with Gasteiger partial charge in [0, 0.05) is 0 Å². The van der Waals surface area contributed by atoms with E-state index in [2.05, 4.69) is 0 Å². The first-order valence-electron chi connectivity index (χ1n) is 9.33. The molecule has 0 bridgehead atoms. The van der Waals surface area contributed by atoms with Crippen LogP contribution < -0.4 is 14.4 Å². The van der Waals surface area contributed by atoms with E-state index in [1.807, 2.05) is 63.2 Å². The third kappa shape index (κ3) is 5.30. The number of hydrogen-bond acceptors (Lipinski definition) is 5. The summed E-state index contributed by atoms with van der Waals surface area (Å²) in [5.74, 6) is -1.28. The fraction of sp³-hybridized carbons (Fsp3) is 0.208. The van der Waals surface area contributed by atoms with Gasteiger partial charge in [-0.3, -0.25) is 4.89 Å². The summed E-state index contributed by atoms with van der Waals surface area (Å²) >= 11 is 0. The van der Waals surface area contributed by atoms with Crippen LogP contribution in [0.5, 0.6) is 17.2 Å². The fourth-order valence-electron chi connectivity index (χ4n) is 2.64. The van der Waals surface area contributed by atoms with Crippen LogP contribution >= 0.6 is 0 Å². The summed E-state index contributed by atoms with van der Waals surface area (Å²) < 4.78 is 12.3. The van der Waals surface area contributed by atoms with Gasteiger partial charge < -0.3 is 14.9 Å². The lowest BCUT2D eigenvalue weighted by molar-refractivity contribution is -0.268. The Kier molecular flexibility index (Phi) is 7.44. The Balaban J connectivity index is 0.00000320. The predicted molar refractivity (Wildman–Crippen MR) is 113 cm³/mol. The van der Waals surface area contributed by atoms with E-state index in [4.69, 9.17) is 19.2 Å². The maximum atomic E-state index is 13.3. The van der Waals surface area contributed by atoms with Crippen LogP contribution in [0.15, 0.2) is 91.0 Å². The number of carbonyl (C=O) groups is 1. The highest BCUT2D eigenvalue weighted by molar-refractivity contribution is 5.79. The summed E-state index contributed by atoms with van der Waals surface area (Å²) in [6.07, 6.45) is 0. The second-order valence-electron chi connectivity index (χ2n) is 7.46. The monoisotopic (exact) mass is 410 g/mol. The van der Waals surface area contributed by atoms with Crippen molar-refractivity contribution in [3.05, 3.63) is 91.0 Å². The molecule has 0 fully saturated rings. The van der Waals surface area contributed by atoms with E-state index in [0.29, 0.717) is 17.2 Å². The molecule has 0 spiro atoms. The molecule has 0 heterocycles. The van der Waals surface area contributed by atoms with Crippen molar-refractivity contribution in [1.29, 1.82) is 0 Å². The van der Waals surface area contributed by atoms with Crippen LogP contribution in [-0.4, -0.2) is 17.2 Å². The summed E-state index contributed by atoms with van der Waals surface area (Å²) in [5.41, 5.74) is -0.810. The first-order valence-corrected chi connectivity index (χ1v) is 9.33. The Bertz CT molecular complexity index is 863. The zero-order valence-electron chi connectivity index (χ0n) is 17.2. The molecular formula is C24H26O6. The topological polar surface area (TPSA) is 85.5 Å². The van der Waals surface area contributed by atoms with Crippen LogP contribution in [0.25, 0.3) is 0 Å². The molecule has 30 heavy (non-hydrogen) atoms. The van der Waals surface area contributed by atoms with E-state index in [-0.39, 0.29) is 5.48 Å². The predicted octanol–water partition coefficient (Wildman–Crippen LogP) is 4.60. The molecule has 0 aliphatic heterocycles. The molecule has 0 aliphatic carbocycles. The summed E-state index contributed by atoms with van der Waals surface area (Å²) in [7, 11) is 0. The Hall–Kier alpha value is -3.51. The number of para-hydroxylation sites is 3.